The van der Waals surface area contributed by atoms with Crippen molar-refractivity contribution in [2.24, 2.45) is 5.92 Å². The summed E-state index contributed by atoms with van der Waals surface area (Å²) in [4.78, 5) is 17.9. The predicted octanol–water partition coefficient (Wildman–Crippen LogP) is 4.70. The zero-order valence-corrected chi connectivity index (χ0v) is 17.5. The Bertz CT molecular complexity index is 1120. The number of nitrogens with zero attached hydrogens (tertiary/aromatic N) is 3. The lowest BCUT2D eigenvalue weighted by atomic mass is 10.0. The van der Waals surface area contributed by atoms with E-state index in [1.54, 1.807) is 0 Å². The molecule has 1 aliphatic carbocycles. The minimum atomic E-state index is -4.69. The number of halogens is 6. The van der Waals surface area contributed by atoms with Gasteiger partial charge in [-0.1, -0.05) is 0 Å². The van der Waals surface area contributed by atoms with Crippen molar-refractivity contribution in [3.05, 3.63) is 35.5 Å². The first kappa shape index (κ1) is 23.7. The van der Waals surface area contributed by atoms with Gasteiger partial charge < -0.3 is 19.4 Å². The maximum atomic E-state index is 14.4. The summed E-state index contributed by atoms with van der Waals surface area (Å²) in [6, 6.07) is 4.78. The molecule has 1 aromatic heterocycles. The molecule has 1 saturated heterocycles. The minimum Gasteiger partial charge on any atom is -0.481 e. The standard InChI is InChI=1S/C21H18F6N4O3/c22-13-6-12(3-4-14(13)33-16-2-1-5-20(16,23)24)29-18(32)17-15(7-21(25,26)27)34-19(30-17)31-9-11(8-28)10-31/h3-4,6,11,16H,1-2,5,7,9-10H2,(H,29,32). The molecule has 1 N–H and O–H groups in total. The highest BCUT2D eigenvalue weighted by molar-refractivity contribution is 6.03. The van der Waals surface area contributed by atoms with Gasteiger partial charge in [0, 0.05) is 31.3 Å². The molecule has 1 saturated carbocycles. The molecule has 1 unspecified atom stereocenters. The first-order chi connectivity index (χ1) is 15.9. The minimum absolute atomic E-state index is 0.0630. The van der Waals surface area contributed by atoms with E-state index < -0.39 is 53.6 Å². The van der Waals surface area contributed by atoms with Crippen LogP contribution in [0.1, 0.15) is 35.5 Å². The summed E-state index contributed by atoms with van der Waals surface area (Å²) < 4.78 is 91.0. The van der Waals surface area contributed by atoms with Gasteiger partial charge in [0.1, 0.15) is 12.2 Å². The number of nitriles is 1. The van der Waals surface area contributed by atoms with Crippen LogP contribution in [0.5, 0.6) is 5.75 Å². The van der Waals surface area contributed by atoms with E-state index in [1.165, 1.54) is 11.0 Å². The lowest BCUT2D eigenvalue weighted by molar-refractivity contribution is -0.130. The van der Waals surface area contributed by atoms with Crippen molar-refractivity contribution in [3.63, 3.8) is 0 Å². The van der Waals surface area contributed by atoms with Crippen molar-refractivity contribution >= 4 is 17.6 Å². The fourth-order valence-electron chi connectivity index (χ4n) is 3.73. The maximum absolute atomic E-state index is 14.4. The molecule has 0 bridgehead atoms. The van der Waals surface area contributed by atoms with Crippen LogP contribution in [0.3, 0.4) is 0 Å². The molecule has 182 valence electrons. The Morgan fingerprint density at radius 3 is 2.68 bits per heavy atom. The van der Waals surface area contributed by atoms with Crippen molar-refractivity contribution in [2.75, 3.05) is 23.3 Å². The third-order valence-electron chi connectivity index (χ3n) is 5.50. The second-order valence-electron chi connectivity index (χ2n) is 8.15. The summed E-state index contributed by atoms with van der Waals surface area (Å²) in [7, 11) is 0. The molecular formula is C21H18F6N4O3. The Balaban J connectivity index is 1.50. The summed E-state index contributed by atoms with van der Waals surface area (Å²) in [5.41, 5.74) is -0.789. The van der Waals surface area contributed by atoms with Crippen molar-refractivity contribution in [1.29, 1.82) is 5.26 Å². The predicted molar refractivity (Wildman–Crippen MR) is 105 cm³/mol. The highest BCUT2D eigenvalue weighted by Gasteiger charge is 2.46. The largest absolute Gasteiger partial charge is 0.481 e. The lowest BCUT2D eigenvalue weighted by Gasteiger charge is -2.33. The number of ether oxygens (including phenoxy) is 1. The molecular weight excluding hydrogens is 470 g/mol. The third kappa shape index (κ3) is 5.05. The first-order valence-corrected chi connectivity index (χ1v) is 10.3. The second-order valence-corrected chi connectivity index (χ2v) is 8.15. The van der Waals surface area contributed by atoms with E-state index in [1.807, 2.05) is 6.07 Å². The highest BCUT2D eigenvalue weighted by atomic mass is 19.4. The summed E-state index contributed by atoms with van der Waals surface area (Å²) in [6.07, 6.45) is -7.78. The number of hydrogen-bond acceptors (Lipinski definition) is 6. The lowest BCUT2D eigenvalue weighted by Crippen LogP contribution is -2.46. The zero-order valence-electron chi connectivity index (χ0n) is 17.5. The van der Waals surface area contributed by atoms with E-state index in [4.69, 9.17) is 14.4 Å². The van der Waals surface area contributed by atoms with Gasteiger partial charge in [0.15, 0.2) is 23.4 Å². The Morgan fingerprint density at radius 2 is 2.09 bits per heavy atom. The molecule has 34 heavy (non-hydrogen) atoms. The normalized spacial score (nSPS) is 20.0. The van der Waals surface area contributed by atoms with Gasteiger partial charge >= 0.3 is 6.18 Å². The molecule has 2 aromatic rings. The molecule has 1 aromatic carbocycles. The molecule has 0 spiro atoms. The summed E-state index contributed by atoms with van der Waals surface area (Å²) in [5, 5.41) is 11.1. The number of benzene rings is 1. The van der Waals surface area contributed by atoms with Gasteiger partial charge in [-0.2, -0.15) is 23.4 Å². The fraction of sp³-hybridized carbons (Fsp3) is 0.476. The van der Waals surface area contributed by atoms with E-state index in [0.29, 0.717) is 0 Å². The van der Waals surface area contributed by atoms with E-state index in [9.17, 15) is 31.1 Å². The highest BCUT2D eigenvalue weighted by Crippen LogP contribution is 2.38. The van der Waals surface area contributed by atoms with E-state index >= 15 is 0 Å². The number of carbonyl (C=O) groups excluding carboxylic acids is 1. The topological polar surface area (TPSA) is 91.4 Å². The number of oxazole rings is 1. The molecule has 4 rings (SSSR count). The van der Waals surface area contributed by atoms with Gasteiger partial charge in [0.05, 0.1) is 12.0 Å². The van der Waals surface area contributed by atoms with Crippen LogP contribution >= 0.6 is 0 Å². The summed E-state index contributed by atoms with van der Waals surface area (Å²) in [6.45, 7) is 0.381. The zero-order chi connectivity index (χ0) is 24.7. The summed E-state index contributed by atoms with van der Waals surface area (Å²) >= 11 is 0. The van der Waals surface area contributed by atoms with Gasteiger partial charge in [0.25, 0.3) is 17.8 Å². The van der Waals surface area contributed by atoms with Crippen LogP contribution < -0.4 is 15.0 Å². The van der Waals surface area contributed by atoms with Gasteiger partial charge in [-0.3, -0.25) is 4.79 Å². The number of aromatic nitrogens is 1. The second kappa shape index (κ2) is 8.73. The number of carbonyl (C=O) groups is 1. The number of alkyl halides is 5. The van der Waals surface area contributed by atoms with Crippen LogP contribution in [0.4, 0.5) is 38.0 Å². The van der Waals surface area contributed by atoms with E-state index in [2.05, 4.69) is 10.3 Å². The van der Waals surface area contributed by atoms with Gasteiger partial charge in [-0.05, 0) is 25.0 Å². The van der Waals surface area contributed by atoms with Crippen molar-refractivity contribution in [3.8, 4) is 11.8 Å². The van der Waals surface area contributed by atoms with Crippen LogP contribution in [0.2, 0.25) is 0 Å². The number of amides is 1. The average molecular weight is 488 g/mol. The molecule has 2 heterocycles. The monoisotopic (exact) mass is 488 g/mol. The molecule has 1 aliphatic heterocycles. The number of nitrogens with one attached hydrogen (secondary N) is 1. The SMILES string of the molecule is N#CC1CN(c2nc(C(=O)Nc3ccc(OC4CCCC4(F)F)c(F)c3)c(CC(F)(F)F)o2)C1. The van der Waals surface area contributed by atoms with Crippen LogP contribution in [0, 0.1) is 23.1 Å². The number of hydrogen-bond donors (Lipinski definition) is 1. The fourth-order valence-corrected chi connectivity index (χ4v) is 3.73. The van der Waals surface area contributed by atoms with Crippen molar-refractivity contribution in [2.45, 2.75) is 43.9 Å². The Hall–Kier alpha value is -3.43. The van der Waals surface area contributed by atoms with Crippen molar-refractivity contribution in [1.82, 2.24) is 4.98 Å². The molecule has 1 amide bonds. The number of rotatable bonds is 6. The van der Waals surface area contributed by atoms with Crippen LogP contribution in [0.15, 0.2) is 22.6 Å². The molecule has 0 radical (unpaired) electrons. The quantitative estimate of drug-likeness (QED) is 0.593. The van der Waals surface area contributed by atoms with Crippen LogP contribution in [-0.4, -0.2) is 42.2 Å². The number of anilines is 2. The summed E-state index contributed by atoms with van der Waals surface area (Å²) in [5.74, 6) is -6.69. The first-order valence-electron chi connectivity index (χ1n) is 10.3. The van der Waals surface area contributed by atoms with Crippen LogP contribution in [0.25, 0.3) is 0 Å². The average Bonchev–Trinajstić information content (AvgIpc) is 3.24. The van der Waals surface area contributed by atoms with E-state index in [-0.39, 0.29) is 50.0 Å². The smallest absolute Gasteiger partial charge is 0.396 e. The Morgan fingerprint density at radius 1 is 1.35 bits per heavy atom. The molecule has 2 fully saturated rings. The maximum Gasteiger partial charge on any atom is 0.396 e. The van der Waals surface area contributed by atoms with Crippen molar-refractivity contribution < 1.29 is 40.3 Å². The molecule has 2 aliphatic rings. The van der Waals surface area contributed by atoms with Crippen LogP contribution in [-0.2, 0) is 6.42 Å². The third-order valence-corrected chi connectivity index (χ3v) is 5.50. The molecule has 13 heteroatoms. The Labute approximate surface area is 189 Å². The van der Waals surface area contributed by atoms with E-state index in [0.717, 1.165) is 12.1 Å². The molecule has 7 nitrogen and oxygen atoms in total. The van der Waals surface area contributed by atoms with Gasteiger partial charge in [0.2, 0.25) is 0 Å². The van der Waals surface area contributed by atoms with Gasteiger partial charge in [-0.15, -0.1) is 0 Å². The van der Waals surface area contributed by atoms with Gasteiger partial charge in [-0.25, -0.2) is 13.2 Å². The Kier molecular flexibility index (Phi) is 6.09. The molecule has 1 atom stereocenters.